The van der Waals surface area contributed by atoms with E-state index in [-0.39, 0.29) is 24.0 Å². The van der Waals surface area contributed by atoms with Gasteiger partial charge in [-0.3, -0.25) is 9.59 Å². The maximum atomic E-state index is 13.6. The van der Waals surface area contributed by atoms with E-state index < -0.39 is 5.54 Å². The second kappa shape index (κ2) is 7.17. The molecule has 1 atom stereocenters. The Bertz CT molecular complexity index is 741. The van der Waals surface area contributed by atoms with Crippen LogP contribution in [0.4, 0.5) is 0 Å². The van der Waals surface area contributed by atoms with Crippen LogP contribution in [-0.2, 0) is 4.79 Å². The summed E-state index contributed by atoms with van der Waals surface area (Å²) in [4.78, 5) is 35.9. The Morgan fingerprint density at radius 2 is 1.81 bits per heavy atom. The van der Waals surface area contributed by atoms with Gasteiger partial charge < -0.3 is 14.9 Å². The number of carbonyl (C=O) groups excluding carboxylic acids is 2. The molecule has 148 valence electrons. The van der Waals surface area contributed by atoms with Crippen LogP contribution in [0.3, 0.4) is 0 Å². The zero-order chi connectivity index (χ0) is 19.2. The Kier molecular flexibility index (Phi) is 5.01. The highest BCUT2D eigenvalue weighted by atomic mass is 32.1. The molecule has 27 heavy (non-hydrogen) atoms. The highest BCUT2D eigenvalue weighted by Crippen LogP contribution is 2.41. The van der Waals surface area contributed by atoms with Crippen LogP contribution in [-0.4, -0.2) is 62.5 Å². The number of aliphatic hydroxyl groups is 1. The Hall–Kier alpha value is -1.47. The van der Waals surface area contributed by atoms with Crippen molar-refractivity contribution in [2.75, 3.05) is 13.1 Å². The molecule has 4 rings (SSSR count). The Balaban J connectivity index is 1.59. The minimum atomic E-state index is -0.671. The normalized spacial score (nSPS) is 31.7. The first-order chi connectivity index (χ1) is 12.9. The lowest BCUT2D eigenvalue weighted by Gasteiger charge is -2.48. The van der Waals surface area contributed by atoms with Crippen LogP contribution < -0.4 is 0 Å². The van der Waals surface area contributed by atoms with Gasteiger partial charge in [0.25, 0.3) is 5.91 Å². The van der Waals surface area contributed by atoms with Crippen LogP contribution in [0.15, 0.2) is 0 Å². The molecule has 0 bridgehead atoms. The van der Waals surface area contributed by atoms with Gasteiger partial charge in [0.15, 0.2) is 0 Å². The fraction of sp³-hybridized carbons (Fsp3) is 0.750. The zero-order valence-corrected chi connectivity index (χ0v) is 17.1. The molecule has 3 heterocycles. The SMILES string of the molecule is Cc1nc(C)c(C(=O)N2CCCC23CCCN(C2CCC(O)CC2)C3=O)s1. The molecule has 7 heteroatoms. The number of piperidine rings is 1. The topological polar surface area (TPSA) is 73.7 Å². The number of aromatic nitrogens is 1. The van der Waals surface area contributed by atoms with E-state index in [4.69, 9.17) is 0 Å². The average Bonchev–Trinajstić information content (AvgIpc) is 3.21. The molecule has 1 unspecified atom stereocenters. The van der Waals surface area contributed by atoms with Crippen LogP contribution >= 0.6 is 11.3 Å². The van der Waals surface area contributed by atoms with Gasteiger partial charge in [0, 0.05) is 19.1 Å². The number of likely N-dealkylation sites (tertiary alicyclic amines) is 2. The smallest absolute Gasteiger partial charge is 0.266 e. The molecule has 3 fully saturated rings. The van der Waals surface area contributed by atoms with Gasteiger partial charge in [-0.05, 0) is 65.2 Å². The first kappa shape index (κ1) is 18.9. The standard InChI is InChI=1S/C20H29N3O3S/c1-13-17(27-14(2)21-13)18(25)23-12-4-10-20(23)9-3-11-22(19(20)26)15-5-7-16(24)8-6-15/h15-16,24H,3-12H2,1-2H3. The molecule has 2 saturated heterocycles. The van der Waals surface area contributed by atoms with Crippen molar-refractivity contribution in [3.05, 3.63) is 15.6 Å². The van der Waals surface area contributed by atoms with E-state index in [9.17, 15) is 14.7 Å². The maximum absolute atomic E-state index is 13.6. The highest BCUT2D eigenvalue weighted by molar-refractivity contribution is 7.13. The third kappa shape index (κ3) is 3.18. The monoisotopic (exact) mass is 391 g/mol. The summed E-state index contributed by atoms with van der Waals surface area (Å²) in [6, 6.07) is 0.211. The van der Waals surface area contributed by atoms with Crippen LogP contribution in [0.5, 0.6) is 0 Å². The molecule has 2 aliphatic heterocycles. The predicted octanol–water partition coefficient (Wildman–Crippen LogP) is 2.66. The molecule has 1 aliphatic carbocycles. The van der Waals surface area contributed by atoms with E-state index >= 15 is 0 Å². The largest absolute Gasteiger partial charge is 0.393 e. The van der Waals surface area contributed by atoms with E-state index in [2.05, 4.69) is 4.98 Å². The van der Waals surface area contributed by atoms with Gasteiger partial charge in [-0.1, -0.05) is 0 Å². The van der Waals surface area contributed by atoms with Gasteiger partial charge in [-0.2, -0.15) is 0 Å². The molecular formula is C20H29N3O3S. The summed E-state index contributed by atoms with van der Waals surface area (Å²) in [6.45, 7) is 5.22. The van der Waals surface area contributed by atoms with Crippen LogP contribution in [0.25, 0.3) is 0 Å². The summed E-state index contributed by atoms with van der Waals surface area (Å²) in [5, 5.41) is 10.7. The summed E-state index contributed by atoms with van der Waals surface area (Å²) in [5.41, 5.74) is 0.0985. The number of aryl methyl sites for hydroxylation is 2. The lowest BCUT2D eigenvalue weighted by Crippen LogP contribution is -2.63. The summed E-state index contributed by atoms with van der Waals surface area (Å²) in [5.74, 6) is 0.116. The van der Waals surface area contributed by atoms with Crippen molar-refractivity contribution in [3.8, 4) is 0 Å². The minimum absolute atomic E-state index is 0.0233. The van der Waals surface area contributed by atoms with E-state index in [1.54, 1.807) is 0 Å². The van der Waals surface area contributed by atoms with Gasteiger partial charge in [-0.15, -0.1) is 11.3 Å². The van der Waals surface area contributed by atoms with Crippen molar-refractivity contribution in [3.63, 3.8) is 0 Å². The highest BCUT2D eigenvalue weighted by Gasteiger charge is 2.54. The van der Waals surface area contributed by atoms with E-state index in [0.717, 1.165) is 68.6 Å². The second-order valence-corrected chi connectivity index (χ2v) is 9.51. The summed E-state index contributed by atoms with van der Waals surface area (Å²) < 4.78 is 0. The van der Waals surface area contributed by atoms with Crippen molar-refractivity contribution in [1.29, 1.82) is 0 Å². The average molecular weight is 392 g/mol. The molecule has 0 aromatic carbocycles. The van der Waals surface area contributed by atoms with Gasteiger partial charge >= 0.3 is 0 Å². The number of aliphatic hydroxyl groups excluding tert-OH is 1. The number of hydrogen-bond acceptors (Lipinski definition) is 5. The minimum Gasteiger partial charge on any atom is -0.393 e. The molecule has 6 nitrogen and oxygen atoms in total. The quantitative estimate of drug-likeness (QED) is 0.841. The Labute approximate surface area is 164 Å². The van der Waals surface area contributed by atoms with Crippen molar-refractivity contribution in [2.24, 2.45) is 0 Å². The van der Waals surface area contributed by atoms with Crippen LogP contribution in [0.2, 0.25) is 0 Å². The van der Waals surface area contributed by atoms with Gasteiger partial charge in [0.2, 0.25) is 5.91 Å². The third-order valence-corrected chi connectivity index (χ3v) is 7.65. The molecule has 0 radical (unpaired) electrons. The van der Waals surface area contributed by atoms with E-state index in [1.165, 1.54) is 11.3 Å². The van der Waals surface area contributed by atoms with E-state index in [0.29, 0.717) is 11.4 Å². The first-order valence-corrected chi connectivity index (χ1v) is 11.0. The molecule has 1 spiro atoms. The molecule has 1 N–H and O–H groups in total. The molecule has 3 aliphatic rings. The predicted molar refractivity (Wildman–Crippen MR) is 104 cm³/mol. The second-order valence-electron chi connectivity index (χ2n) is 8.30. The first-order valence-electron chi connectivity index (χ1n) is 10.2. The van der Waals surface area contributed by atoms with Crippen molar-refractivity contribution >= 4 is 23.2 Å². The summed E-state index contributed by atoms with van der Waals surface area (Å²) in [7, 11) is 0. The van der Waals surface area contributed by atoms with Gasteiger partial charge in [0.1, 0.15) is 10.4 Å². The van der Waals surface area contributed by atoms with Crippen molar-refractivity contribution in [1.82, 2.24) is 14.8 Å². The zero-order valence-electron chi connectivity index (χ0n) is 16.2. The van der Waals surface area contributed by atoms with Crippen molar-refractivity contribution in [2.45, 2.75) is 82.9 Å². The Morgan fingerprint density at radius 3 is 2.44 bits per heavy atom. The maximum Gasteiger partial charge on any atom is 0.266 e. The molecule has 1 saturated carbocycles. The summed E-state index contributed by atoms with van der Waals surface area (Å²) >= 11 is 1.43. The molecule has 2 amide bonds. The van der Waals surface area contributed by atoms with Crippen LogP contribution in [0.1, 0.15) is 71.7 Å². The number of hydrogen-bond donors (Lipinski definition) is 1. The fourth-order valence-electron chi connectivity index (χ4n) is 5.25. The summed E-state index contributed by atoms with van der Waals surface area (Å²) in [6.07, 6.45) is 6.39. The molecule has 1 aromatic rings. The lowest BCUT2D eigenvalue weighted by molar-refractivity contribution is -0.149. The number of carbonyl (C=O) groups is 2. The molecular weight excluding hydrogens is 362 g/mol. The fourth-order valence-corrected chi connectivity index (χ4v) is 6.11. The molecule has 1 aromatic heterocycles. The number of amides is 2. The number of nitrogens with zero attached hydrogens (tertiary/aromatic N) is 3. The van der Waals surface area contributed by atoms with Crippen LogP contribution in [0, 0.1) is 13.8 Å². The Morgan fingerprint density at radius 1 is 1.15 bits per heavy atom. The number of rotatable bonds is 2. The van der Waals surface area contributed by atoms with Gasteiger partial charge in [0.05, 0.1) is 16.8 Å². The van der Waals surface area contributed by atoms with E-state index in [1.807, 2.05) is 23.6 Å². The third-order valence-electron chi connectivity index (χ3n) is 6.59. The number of thiazole rings is 1. The van der Waals surface area contributed by atoms with Crippen molar-refractivity contribution < 1.29 is 14.7 Å². The lowest BCUT2D eigenvalue weighted by atomic mass is 9.82. The van der Waals surface area contributed by atoms with Gasteiger partial charge in [-0.25, -0.2) is 4.98 Å².